The molecule has 2 aromatic carbocycles. The van der Waals surface area contributed by atoms with Gasteiger partial charge in [-0.1, -0.05) is 30.3 Å². The number of rotatable bonds is 0. The van der Waals surface area contributed by atoms with Crippen LogP contribution in [0.1, 0.15) is 37.4 Å². The Bertz CT molecular complexity index is 739. The van der Waals surface area contributed by atoms with Gasteiger partial charge in [0.15, 0.2) is 0 Å². The zero-order chi connectivity index (χ0) is 13.7. The van der Waals surface area contributed by atoms with Gasteiger partial charge in [-0.25, -0.2) is 0 Å². The Kier molecular flexibility index (Phi) is 2.42. The molecular formula is C17H14O2. The summed E-state index contributed by atoms with van der Waals surface area (Å²) in [7, 11) is 0. The maximum atomic E-state index is 12.3. The molecule has 1 aliphatic rings. The summed E-state index contributed by atoms with van der Waals surface area (Å²) < 4.78 is 0. The van der Waals surface area contributed by atoms with E-state index in [1.165, 1.54) is 0 Å². The molecule has 0 fully saturated rings. The van der Waals surface area contributed by atoms with Crippen molar-refractivity contribution in [2.45, 2.75) is 20.8 Å². The van der Waals surface area contributed by atoms with Gasteiger partial charge in [-0.05, 0) is 48.6 Å². The number of ketones is 2. The first kappa shape index (κ1) is 11.8. The van der Waals surface area contributed by atoms with Crippen LogP contribution in [0.3, 0.4) is 0 Å². The van der Waals surface area contributed by atoms with E-state index in [0.717, 1.165) is 27.8 Å². The maximum Gasteiger partial charge on any atom is 0.234 e. The monoisotopic (exact) mass is 250 g/mol. The van der Waals surface area contributed by atoms with Gasteiger partial charge in [0.05, 0.1) is 0 Å². The summed E-state index contributed by atoms with van der Waals surface area (Å²) in [5.41, 5.74) is 6.00. The average Bonchev–Trinajstić information content (AvgIpc) is 2.42. The van der Waals surface area contributed by atoms with Gasteiger partial charge in [0.1, 0.15) is 0 Å². The van der Waals surface area contributed by atoms with Gasteiger partial charge in [-0.15, -0.1) is 0 Å². The van der Waals surface area contributed by atoms with Gasteiger partial charge in [0.25, 0.3) is 0 Å². The highest BCUT2D eigenvalue weighted by molar-refractivity contribution is 6.53. The van der Waals surface area contributed by atoms with Crippen LogP contribution < -0.4 is 0 Å². The van der Waals surface area contributed by atoms with E-state index < -0.39 is 5.78 Å². The molecule has 94 valence electrons. The van der Waals surface area contributed by atoms with Crippen molar-refractivity contribution in [3.05, 3.63) is 58.1 Å². The summed E-state index contributed by atoms with van der Waals surface area (Å²) >= 11 is 0. The van der Waals surface area contributed by atoms with Crippen molar-refractivity contribution in [2.75, 3.05) is 0 Å². The van der Waals surface area contributed by atoms with Crippen LogP contribution in [-0.4, -0.2) is 11.6 Å². The second kappa shape index (κ2) is 3.89. The Labute approximate surface area is 112 Å². The Hall–Kier alpha value is -2.22. The van der Waals surface area contributed by atoms with E-state index in [4.69, 9.17) is 0 Å². The van der Waals surface area contributed by atoms with Crippen LogP contribution in [0.25, 0.3) is 11.1 Å². The Morgan fingerprint density at radius 2 is 1.37 bits per heavy atom. The lowest BCUT2D eigenvalue weighted by atomic mass is 9.79. The SMILES string of the molecule is Cc1cc2c(c(C)c1C)C(=O)C(=O)c1ccccc1-2. The van der Waals surface area contributed by atoms with Gasteiger partial charge < -0.3 is 0 Å². The van der Waals surface area contributed by atoms with Crippen molar-refractivity contribution >= 4 is 11.6 Å². The van der Waals surface area contributed by atoms with E-state index in [2.05, 4.69) is 0 Å². The van der Waals surface area contributed by atoms with Crippen LogP contribution in [0.15, 0.2) is 30.3 Å². The van der Waals surface area contributed by atoms with Gasteiger partial charge in [-0.2, -0.15) is 0 Å². The number of benzene rings is 2. The Morgan fingerprint density at radius 1 is 0.737 bits per heavy atom. The van der Waals surface area contributed by atoms with Crippen LogP contribution in [-0.2, 0) is 0 Å². The third-order valence-corrected chi connectivity index (χ3v) is 4.05. The molecule has 0 unspecified atom stereocenters. The third-order valence-electron chi connectivity index (χ3n) is 4.05. The predicted octanol–water partition coefficient (Wildman–Crippen LogP) is 3.66. The molecular weight excluding hydrogens is 236 g/mol. The van der Waals surface area contributed by atoms with Crippen molar-refractivity contribution < 1.29 is 9.59 Å². The molecule has 2 heteroatoms. The van der Waals surface area contributed by atoms with Crippen molar-refractivity contribution in [1.29, 1.82) is 0 Å². The van der Waals surface area contributed by atoms with Gasteiger partial charge in [0.2, 0.25) is 11.6 Å². The first-order valence-electron chi connectivity index (χ1n) is 6.31. The number of hydrogen-bond donors (Lipinski definition) is 0. The highest BCUT2D eigenvalue weighted by Gasteiger charge is 2.32. The molecule has 1 aliphatic carbocycles. The Morgan fingerprint density at radius 3 is 2.05 bits per heavy atom. The molecule has 19 heavy (non-hydrogen) atoms. The van der Waals surface area contributed by atoms with E-state index in [1.807, 2.05) is 39.0 Å². The smallest absolute Gasteiger partial charge is 0.234 e. The van der Waals surface area contributed by atoms with Gasteiger partial charge in [0, 0.05) is 11.1 Å². The lowest BCUT2D eigenvalue weighted by Gasteiger charge is -2.21. The largest absolute Gasteiger partial charge is 0.285 e. The fourth-order valence-electron chi connectivity index (χ4n) is 2.74. The summed E-state index contributed by atoms with van der Waals surface area (Å²) in [4.78, 5) is 24.5. The van der Waals surface area contributed by atoms with Gasteiger partial charge >= 0.3 is 0 Å². The predicted molar refractivity (Wildman–Crippen MR) is 74.8 cm³/mol. The molecule has 3 rings (SSSR count). The number of aryl methyl sites for hydroxylation is 1. The fourth-order valence-corrected chi connectivity index (χ4v) is 2.74. The van der Waals surface area contributed by atoms with Crippen LogP contribution in [0.4, 0.5) is 0 Å². The summed E-state index contributed by atoms with van der Waals surface area (Å²) in [6.07, 6.45) is 0. The molecule has 0 aliphatic heterocycles. The van der Waals surface area contributed by atoms with Crippen molar-refractivity contribution in [2.24, 2.45) is 0 Å². The number of carbonyl (C=O) groups excluding carboxylic acids is 2. The third kappa shape index (κ3) is 1.49. The summed E-state index contributed by atoms with van der Waals surface area (Å²) in [6.45, 7) is 5.94. The van der Waals surface area contributed by atoms with Crippen molar-refractivity contribution in [3.8, 4) is 11.1 Å². The summed E-state index contributed by atoms with van der Waals surface area (Å²) in [5, 5.41) is 0. The standard InChI is InChI=1S/C17H14O2/c1-9-8-14-12-6-4-5-7-13(12)16(18)17(19)15(14)11(3)10(9)2/h4-8H,1-3H3. The minimum Gasteiger partial charge on any atom is -0.285 e. The first-order chi connectivity index (χ1) is 9.02. The zero-order valence-electron chi connectivity index (χ0n) is 11.2. The molecule has 0 saturated heterocycles. The highest BCUT2D eigenvalue weighted by Crippen LogP contribution is 2.37. The van der Waals surface area contributed by atoms with Crippen LogP contribution >= 0.6 is 0 Å². The molecule has 0 saturated carbocycles. The number of hydrogen-bond acceptors (Lipinski definition) is 2. The zero-order valence-corrected chi connectivity index (χ0v) is 11.2. The first-order valence-corrected chi connectivity index (χ1v) is 6.31. The van der Waals surface area contributed by atoms with E-state index in [-0.39, 0.29) is 5.78 Å². The average molecular weight is 250 g/mol. The summed E-state index contributed by atoms with van der Waals surface area (Å²) in [6, 6.07) is 9.34. The second-order valence-corrected chi connectivity index (χ2v) is 5.07. The molecule has 0 amide bonds. The van der Waals surface area contributed by atoms with Crippen LogP contribution in [0.5, 0.6) is 0 Å². The number of carbonyl (C=O) groups is 2. The molecule has 2 aromatic rings. The molecule has 0 bridgehead atoms. The topological polar surface area (TPSA) is 34.1 Å². The van der Waals surface area contributed by atoms with E-state index in [9.17, 15) is 9.59 Å². The molecule has 0 atom stereocenters. The molecule has 0 radical (unpaired) electrons. The van der Waals surface area contributed by atoms with E-state index in [0.29, 0.717) is 11.1 Å². The quantitative estimate of drug-likeness (QED) is 0.669. The van der Waals surface area contributed by atoms with E-state index in [1.54, 1.807) is 12.1 Å². The van der Waals surface area contributed by atoms with Gasteiger partial charge in [-0.3, -0.25) is 9.59 Å². The molecule has 0 N–H and O–H groups in total. The highest BCUT2D eigenvalue weighted by atomic mass is 16.2. The molecule has 0 spiro atoms. The summed E-state index contributed by atoms with van der Waals surface area (Å²) in [5.74, 6) is -0.774. The lowest BCUT2D eigenvalue weighted by molar-refractivity contribution is 0.0815. The lowest BCUT2D eigenvalue weighted by Crippen LogP contribution is -2.23. The fraction of sp³-hybridized carbons (Fsp3) is 0.176. The minimum absolute atomic E-state index is 0.380. The molecule has 0 aromatic heterocycles. The normalized spacial score (nSPS) is 13.2. The molecule has 2 nitrogen and oxygen atoms in total. The van der Waals surface area contributed by atoms with Crippen LogP contribution in [0, 0.1) is 20.8 Å². The minimum atomic E-state index is -0.394. The van der Waals surface area contributed by atoms with Crippen LogP contribution in [0.2, 0.25) is 0 Å². The maximum absolute atomic E-state index is 12.3. The number of Topliss-reactive ketones (excluding diaryl/α,β-unsaturated/α-hetero) is 2. The second-order valence-electron chi connectivity index (χ2n) is 5.07. The number of fused-ring (bicyclic) bond motifs is 3. The Balaban J connectivity index is 2.47. The molecule has 0 heterocycles. The van der Waals surface area contributed by atoms with Crippen molar-refractivity contribution in [3.63, 3.8) is 0 Å². The van der Waals surface area contributed by atoms with Crippen molar-refractivity contribution in [1.82, 2.24) is 0 Å². The van der Waals surface area contributed by atoms with E-state index >= 15 is 0 Å².